The molecule has 6 rings (SSSR count). The number of anilines is 1. The number of hydrogen-bond donors (Lipinski definition) is 3. The number of carboxylic acid groups (broad SMARTS) is 1. The standard InChI is InChI=1S/C28H24N6O3/c29-24-21(8-4-17-30-24)25-31-22-13-14-23(37-20-6-2-1-3-7-20)32-26(22)34(25)19-11-9-18(10-12-19)28(15-5-16-28)33-27(35)36/h1-4,6-14,17,33H,5,15-16H2,(H2,29,30)(H,35,36). The smallest absolute Gasteiger partial charge is 0.405 e. The van der Waals surface area contributed by atoms with Crippen molar-refractivity contribution in [2.75, 3.05) is 5.73 Å². The molecule has 1 amide bonds. The maximum atomic E-state index is 11.4. The molecule has 0 unspecified atom stereocenters. The van der Waals surface area contributed by atoms with Gasteiger partial charge in [0.15, 0.2) is 11.5 Å². The average molecular weight is 493 g/mol. The van der Waals surface area contributed by atoms with E-state index in [1.54, 1.807) is 12.3 Å². The SMILES string of the molecule is Nc1ncccc1-c1nc2ccc(Oc3ccccc3)nc2n1-c1ccc(C2(NC(=O)O)CCC2)cc1. The summed E-state index contributed by atoms with van der Waals surface area (Å²) in [5.74, 6) is 2.06. The fourth-order valence-corrected chi connectivity index (χ4v) is 4.79. The highest BCUT2D eigenvalue weighted by atomic mass is 16.5. The van der Waals surface area contributed by atoms with Crippen LogP contribution >= 0.6 is 0 Å². The van der Waals surface area contributed by atoms with Gasteiger partial charge in [-0.3, -0.25) is 4.57 Å². The molecule has 37 heavy (non-hydrogen) atoms. The van der Waals surface area contributed by atoms with E-state index in [9.17, 15) is 9.90 Å². The van der Waals surface area contributed by atoms with Crippen molar-refractivity contribution in [2.24, 2.45) is 0 Å². The van der Waals surface area contributed by atoms with Crippen LogP contribution in [0.4, 0.5) is 10.6 Å². The summed E-state index contributed by atoms with van der Waals surface area (Å²) in [5, 5.41) is 12.1. The van der Waals surface area contributed by atoms with Gasteiger partial charge in [0, 0.05) is 18.0 Å². The van der Waals surface area contributed by atoms with E-state index in [0.717, 1.165) is 30.5 Å². The predicted molar refractivity (Wildman–Crippen MR) is 140 cm³/mol. The van der Waals surface area contributed by atoms with Crippen LogP contribution in [-0.2, 0) is 5.54 Å². The van der Waals surface area contributed by atoms with Crippen LogP contribution < -0.4 is 15.8 Å². The third-order valence-electron chi connectivity index (χ3n) is 6.76. The Kier molecular flexibility index (Phi) is 5.45. The maximum Gasteiger partial charge on any atom is 0.405 e. The topological polar surface area (TPSA) is 128 Å². The number of fused-ring (bicyclic) bond motifs is 1. The molecule has 0 saturated heterocycles. The van der Waals surface area contributed by atoms with Gasteiger partial charge in [-0.25, -0.2) is 14.8 Å². The Bertz CT molecular complexity index is 1590. The van der Waals surface area contributed by atoms with Gasteiger partial charge in [0.1, 0.15) is 17.1 Å². The summed E-state index contributed by atoms with van der Waals surface area (Å²) in [7, 11) is 0. The lowest BCUT2D eigenvalue weighted by Gasteiger charge is -2.42. The van der Waals surface area contributed by atoms with Crippen LogP contribution in [0.25, 0.3) is 28.2 Å². The summed E-state index contributed by atoms with van der Waals surface area (Å²) in [5.41, 5.74) is 9.37. The number of rotatable bonds is 6. The van der Waals surface area contributed by atoms with Crippen molar-refractivity contribution in [2.45, 2.75) is 24.8 Å². The van der Waals surface area contributed by atoms with Gasteiger partial charge < -0.3 is 20.9 Å². The molecule has 1 aliphatic carbocycles. The van der Waals surface area contributed by atoms with Crippen molar-refractivity contribution < 1.29 is 14.6 Å². The second-order valence-electron chi connectivity index (χ2n) is 9.03. The molecule has 184 valence electrons. The Balaban J connectivity index is 1.48. The number of nitrogens with one attached hydrogen (secondary N) is 1. The molecule has 9 heteroatoms. The monoisotopic (exact) mass is 492 g/mol. The van der Waals surface area contributed by atoms with E-state index >= 15 is 0 Å². The van der Waals surface area contributed by atoms with Gasteiger partial charge in [-0.2, -0.15) is 4.98 Å². The zero-order chi connectivity index (χ0) is 25.4. The number of benzene rings is 2. The number of nitrogen functional groups attached to an aromatic ring is 1. The van der Waals surface area contributed by atoms with Crippen molar-refractivity contribution in [3.8, 4) is 28.7 Å². The molecule has 0 radical (unpaired) electrons. The number of para-hydroxylation sites is 1. The van der Waals surface area contributed by atoms with Gasteiger partial charge in [-0.05, 0) is 67.3 Å². The molecular weight excluding hydrogens is 468 g/mol. The van der Waals surface area contributed by atoms with Gasteiger partial charge in [0.05, 0.1) is 11.1 Å². The first kappa shape index (κ1) is 22.5. The maximum absolute atomic E-state index is 11.4. The van der Waals surface area contributed by atoms with Crippen molar-refractivity contribution in [1.29, 1.82) is 0 Å². The van der Waals surface area contributed by atoms with Gasteiger partial charge in [0.25, 0.3) is 0 Å². The normalized spacial score (nSPS) is 14.2. The number of amides is 1. The number of pyridine rings is 2. The second kappa shape index (κ2) is 8.94. The van der Waals surface area contributed by atoms with Crippen molar-refractivity contribution in [3.05, 3.63) is 90.6 Å². The Morgan fingerprint density at radius 2 is 1.76 bits per heavy atom. The molecule has 1 saturated carbocycles. The number of imidazole rings is 1. The minimum Gasteiger partial charge on any atom is -0.465 e. The molecule has 0 spiro atoms. The third kappa shape index (κ3) is 4.10. The van der Waals surface area contributed by atoms with Crippen LogP contribution in [0.5, 0.6) is 11.6 Å². The summed E-state index contributed by atoms with van der Waals surface area (Å²) in [6, 6.07) is 24.6. The first-order chi connectivity index (χ1) is 18.0. The average Bonchev–Trinajstić information content (AvgIpc) is 3.26. The number of hydrogen-bond acceptors (Lipinski definition) is 6. The molecule has 1 aliphatic rings. The highest BCUT2D eigenvalue weighted by Crippen LogP contribution is 2.42. The molecule has 2 aromatic carbocycles. The number of carbonyl (C=O) groups is 1. The molecule has 4 N–H and O–H groups in total. The summed E-state index contributed by atoms with van der Waals surface area (Å²) in [4.78, 5) is 25.3. The molecule has 9 nitrogen and oxygen atoms in total. The lowest BCUT2D eigenvalue weighted by molar-refractivity contribution is 0.144. The van der Waals surface area contributed by atoms with Crippen molar-refractivity contribution in [1.82, 2.24) is 24.8 Å². The number of aromatic nitrogens is 4. The van der Waals surface area contributed by atoms with Crippen LogP contribution in [0, 0.1) is 0 Å². The summed E-state index contributed by atoms with van der Waals surface area (Å²) >= 11 is 0. The lowest BCUT2D eigenvalue weighted by atomic mass is 9.72. The van der Waals surface area contributed by atoms with E-state index in [-0.39, 0.29) is 0 Å². The van der Waals surface area contributed by atoms with Crippen molar-refractivity contribution >= 4 is 23.1 Å². The van der Waals surface area contributed by atoms with Gasteiger partial charge in [-0.15, -0.1) is 0 Å². The van der Waals surface area contributed by atoms with E-state index in [1.165, 1.54) is 0 Å². The lowest BCUT2D eigenvalue weighted by Crippen LogP contribution is -2.50. The molecule has 1 fully saturated rings. The van der Waals surface area contributed by atoms with Gasteiger partial charge in [0.2, 0.25) is 5.88 Å². The molecule has 3 aromatic heterocycles. The molecule has 3 heterocycles. The van der Waals surface area contributed by atoms with Crippen LogP contribution in [0.3, 0.4) is 0 Å². The Labute approximate surface area is 212 Å². The molecule has 0 bridgehead atoms. The van der Waals surface area contributed by atoms with Crippen molar-refractivity contribution in [3.63, 3.8) is 0 Å². The molecule has 0 aliphatic heterocycles. The minimum absolute atomic E-state index is 0.357. The van der Waals surface area contributed by atoms with E-state index in [0.29, 0.717) is 40.0 Å². The Morgan fingerprint density at radius 1 is 0.973 bits per heavy atom. The highest BCUT2D eigenvalue weighted by Gasteiger charge is 2.40. The molecule has 0 atom stereocenters. The van der Waals surface area contributed by atoms with Gasteiger partial charge in [-0.1, -0.05) is 30.3 Å². The van der Waals surface area contributed by atoms with E-state index in [4.69, 9.17) is 20.4 Å². The van der Waals surface area contributed by atoms with E-state index in [2.05, 4.69) is 10.3 Å². The van der Waals surface area contributed by atoms with Crippen LogP contribution in [0.1, 0.15) is 24.8 Å². The van der Waals surface area contributed by atoms with Crippen LogP contribution in [-0.4, -0.2) is 30.7 Å². The summed E-state index contributed by atoms with van der Waals surface area (Å²) in [6.45, 7) is 0. The zero-order valence-corrected chi connectivity index (χ0v) is 19.8. The minimum atomic E-state index is -1.02. The highest BCUT2D eigenvalue weighted by molar-refractivity contribution is 5.83. The number of ether oxygens (including phenoxy) is 1. The molecule has 5 aromatic rings. The third-order valence-corrected chi connectivity index (χ3v) is 6.76. The Morgan fingerprint density at radius 3 is 2.43 bits per heavy atom. The Hall–Kier alpha value is -4.92. The number of nitrogens with two attached hydrogens (primary N) is 1. The van der Waals surface area contributed by atoms with Crippen LogP contribution in [0.2, 0.25) is 0 Å². The van der Waals surface area contributed by atoms with E-state index < -0.39 is 11.6 Å². The van der Waals surface area contributed by atoms with Crippen LogP contribution in [0.15, 0.2) is 85.1 Å². The quantitative estimate of drug-likeness (QED) is 0.285. The second-order valence-corrected chi connectivity index (χ2v) is 9.03. The fraction of sp³-hybridized carbons (Fsp3) is 0.143. The first-order valence-electron chi connectivity index (χ1n) is 12.0. The predicted octanol–water partition coefficient (Wildman–Crippen LogP) is 5.50. The zero-order valence-electron chi connectivity index (χ0n) is 19.8. The fourth-order valence-electron chi connectivity index (χ4n) is 4.79. The first-order valence-corrected chi connectivity index (χ1v) is 12.0. The number of nitrogens with zero attached hydrogens (tertiary/aromatic N) is 4. The molecular formula is C28H24N6O3. The largest absolute Gasteiger partial charge is 0.465 e. The van der Waals surface area contributed by atoms with Gasteiger partial charge >= 0.3 is 6.09 Å². The van der Waals surface area contributed by atoms with E-state index in [1.807, 2.05) is 77.4 Å². The summed E-state index contributed by atoms with van der Waals surface area (Å²) < 4.78 is 7.90. The summed E-state index contributed by atoms with van der Waals surface area (Å²) in [6.07, 6.45) is 3.14.